The first-order valence-electron chi connectivity index (χ1n) is 15.1. The van der Waals surface area contributed by atoms with E-state index in [1.165, 1.54) is 4.90 Å². The number of halogens is 1. The third-order valence-corrected chi connectivity index (χ3v) is 9.34. The molecule has 1 aromatic heterocycles. The molecule has 2 aliphatic rings. The molecular formula is C36H33BrN2O5. The van der Waals surface area contributed by atoms with Gasteiger partial charge in [0.2, 0.25) is 17.6 Å². The van der Waals surface area contributed by atoms with Gasteiger partial charge in [0.25, 0.3) is 0 Å². The minimum absolute atomic E-state index is 0.120. The molecule has 1 aliphatic heterocycles. The van der Waals surface area contributed by atoms with Crippen molar-refractivity contribution in [1.29, 1.82) is 0 Å². The Labute approximate surface area is 264 Å². The fourth-order valence-corrected chi connectivity index (χ4v) is 6.99. The number of hydrogen-bond donors (Lipinski definition) is 0. The van der Waals surface area contributed by atoms with Gasteiger partial charge in [-0.25, -0.2) is 9.78 Å². The van der Waals surface area contributed by atoms with Crippen LogP contribution in [0.4, 0.5) is 5.69 Å². The predicted octanol–water partition coefficient (Wildman–Crippen LogP) is 7.58. The van der Waals surface area contributed by atoms with Crippen molar-refractivity contribution < 1.29 is 23.9 Å². The van der Waals surface area contributed by atoms with Crippen LogP contribution in [0, 0.1) is 17.8 Å². The van der Waals surface area contributed by atoms with Crippen LogP contribution in [0.15, 0.2) is 77.3 Å². The number of ether oxygens (including phenoxy) is 1. The number of aromatic nitrogens is 1. The van der Waals surface area contributed by atoms with Crippen molar-refractivity contribution in [3.63, 3.8) is 0 Å². The van der Waals surface area contributed by atoms with Crippen LogP contribution in [-0.4, -0.2) is 34.7 Å². The van der Waals surface area contributed by atoms with Crippen molar-refractivity contribution >= 4 is 56.1 Å². The average molecular weight is 654 g/mol. The molecule has 1 aliphatic carbocycles. The highest BCUT2D eigenvalue weighted by atomic mass is 79.9. The normalized spacial score (nSPS) is 20.5. The lowest BCUT2D eigenvalue weighted by molar-refractivity contribution is -0.122. The summed E-state index contributed by atoms with van der Waals surface area (Å²) in [4.78, 5) is 59.4. The summed E-state index contributed by atoms with van der Waals surface area (Å²) in [5, 5.41) is 0.617. The standard InChI is InChI=1S/C36H33BrN2O5/c1-4-22-17-25(37)18-28-30(36(43)44-21(3)33(40)24-8-6-5-7-9-24)19-31(38-32(22)28)23-11-13-26(14-12-23)39-34(41)27-15-10-20(2)16-29(27)35(39)42/h5-9,11-14,17-21,27,29H,4,10,15-16H2,1-3H3. The van der Waals surface area contributed by atoms with Crippen LogP contribution in [0.25, 0.3) is 22.2 Å². The fraction of sp³-hybridized carbons (Fsp3) is 0.306. The molecular weight excluding hydrogens is 620 g/mol. The number of imide groups is 1. The maximum Gasteiger partial charge on any atom is 0.339 e. The zero-order valence-electron chi connectivity index (χ0n) is 24.9. The topological polar surface area (TPSA) is 93.6 Å². The van der Waals surface area contributed by atoms with Gasteiger partial charge in [-0.3, -0.25) is 19.3 Å². The highest BCUT2D eigenvalue weighted by Gasteiger charge is 2.49. The van der Waals surface area contributed by atoms with Crippen molar-refractivity contribution in [2.75, 3.05) is 4.90 Å². The number of fused-ring (bicyclic) bond motifs is 2. The number of benzene rings is 3. The first kappa shape index (κ1) is 29.9. The molecule has 4 unspecified atom stereocenters. The molecule has 0 N–H and O–H groups in total. The summed E-state index contributed by atoms with van der Waals surface area (Å²) in [7, 11) is 0. The number of esters is 1. The lowest BCUT2D eigenvalue weighted by Gasteiger charge is -2.25. The molecule has 1 saturated carbocycles. The van der Waals surface area contributed by atoms with Crippen LogP contribution in [-0.2, 0) is 20.7 Å². The van der Waals surface area contributed by atoms with Crippen LogP contribution >= 0.6 is 15.9 Å². The van der Waals surface area contributed by atoms with E-state index in [9.17, 15) is 19.2 Å². The van der Waals surface area contributed by atoms with Crippen molar-refractivity contribution in [1.82, 2.24) is 4.98 Å². The second kappa shape index (κ2) is 12.1. The molecule has 7 nitrogen and oxygen atoms in total. The van der Waals surface area contributed by atoms with Gasteiger partial charge in [-0.05, 0) is 74.4 Å². The van der Waals surface area contributed by atoms with Crippen LogP contribution in [0.2, 0.25) is 0 Å². The molecule has 1 saturated heterocycles. The van der Waals surface area contributed by atoms with E-state index in [-0.39, 0.29) is 29.4 Å². The third kappa shape index (κ3) is 5.47. The van der Waals surface area contributed by atoms with Crippen LogP contribution in [0.5, 0.6) is 0 Å². The molecule has 2 fully saturated rings. The number of ketones is 1. The zero-order chi connectivity index (χ0) is 31.1. The molecule has 4 atom stereocenters. The average Bonchev–Trinajstić information content (AvgIpc) is 3.28. The molecule has 2 heterocycles. The SMILES string of the molecule is CCc1cc(Br)cc2c(C(=O)OC(C)C(=O)c3ccccc3)cc(-c3ccc(N4C(=O)C5CCC(C)CC5C4=O)cc3)nc12. The third-order valence-electron chi connectivity index (χ3n) is 8.88. The maximum atomic E-state index is 13.6. The van der Waals surface area contributed by atoms with E-state index >= 15 is 0 Å². The predicted molar refractivity (Wildman–Crippen MR) is 172 cm³/mol. The maximum absolute atomic E-state index is 13.6. The van der Waals surface area contributed by atoms with Gasteiger partial charge in [-0.1, -0.05) is 72.2 Å². The first-order valence-corrected chi connectivity index (χ1v) is 15.9. The van der Waals surface area contributed by atoms with Crippen molar-refractivity contribution in [3.05, 3.63) is 94.0 Å². The number of carbonyl (C=O) groups excluding carboxylic acids is 4. The Morgan fingerprint density at radius 2 is 1.68 bits per heavy atom. The second-order valence-corrected chi connectivity index (χ2v) is 12.8. The summed E-state index contributed by atoms with van der Waals surface area (Å²) in [6, 6.07) is 21.4. The van der Waals surface area contributed by atoms with E-state index in [4.69, 9.17) is 9.72 Å². The van der Waals surface area contributed by atoms with Gasteiger partial charge >= 0.3 is 5.97 Å². The summed E-state index contributed by atoms with van der Waals surface area (Å²) < 4.78 is 6.52. The Balaban J connectivity index is 1.34. The van der Waals surface area contributed by atoms with E-state index in [1.807, 2.05) is 37.3 Å². The van der Waals surface area contributed by atoms with Gasteiger partial charge in [0.05, 0.1) is 34.3 Å². The second-order valence-electron chi connectivity index (χ2n) is 11.8. The van der Waals surface area contributed by atoms with Crippen molar-refractivity contribution in [2.24, 2.45) is 17.8 Å². The molecule has 44 heavy (non-hydrogen) atoms. The Hall–Kier alpha value is -4.17. The Morgan fingerprint density at radius 1 is 0.977 bits per heavy atom. The number of Topliss-reactive ketones (excluding diaryl/α,β-unsaturated/α-hetero) is 1. The molecule has 2 amide bonds. The van der Waals surface area contributed by atoms with Gasteiger partial charge < -0.3 is 4.74 Å². The van der Waals surface area contributed by atoms with Gasteiger partial charge in [-0.2, -0.15) is 0 Å². The van der Waals surface area contributed by atoms with Gasteiger partial charge in [0.15, 0.2) is 6.10 Å². The summed E-state index contributed by atoms with van der Waals surface area (Å²) in [5.41, 5.74) is 4.16. The van der Waals surface area contributed by atoms with Gasteiger partial charge in [-0.15, -0.1) is 0 Å². The smallest absolute Gasteiger partial charge is 0.339 e. The van der Waals surface area contributed by atoms with Crippen LogP contribution in [0.1, 0.15) is 66.3 Å². The number of rotatable bonds is 7. The molecule has 0 spiro atoms. The van der Waals surface area contributed by atoms with E-state index < -0.39 is 12.1 Å². The molecule has 4 aromatic rings. The number of aryl methyl sites for hydroxylation is 1. The molecule has 224 valence electrons. The number of hydrogen-bond acceptors (Lipinski definition) is 6. The summed E-state index contributed by atoms with van der Waals surface area (Å²) in [6.45, 7) is 5.73. The number of pyridine rings is 1. The molecule has 8 heteroatoms. The summed E-state index contributed by atoms with van der Waals surface area (Å²) in [6.07, 6.45) is 2.14. The van der Waals surface area contributed by atoms with Crippen molar-refractivity contribution in [3.8, 4) is 11.3 Å². The largest absolute Gasteiger partial charge is 0.451 e. The zero-order valence-corrected chi connectivity index (χ0v) is 26.5. The highest BCUT2D eigenvalue weighted by molar-refractivity contribution is 9.10. The Morgan fingerprint density at radius 3 is 2.39 bits per heavy atom. The highest BCUT2D eigenvalue weighted by Crippen LogP contribution is 2.42. The molecule has 0 bridgehead atoms. The van der Waals surface area contributed by atoms with Crippen molar-refractivity contribution in [2.45, 2.75) is 52.6 Å². The van der Waals surface area contributed by atoms with Crippen LogP contribution in [0.3, 0.4) is 0 Å². The first-order chi connectivity index (χ1) is 21.2. The molecule has 6 rings (SSSR count). The fourth-order valence-electron chi connectivity index (χ4n) is 6.49. The number of anilines is 1. The van der Waals surface area contributed by atoms with Gasteiger partial charge in [0.1, 0.15) is 0 Å². The molecule has 3 aromatic carbocycles. The van der Waals surface area contributed by atoms with E-state index in [0.29, 0.717) is 51.3 Å². The van der Waals surface area contributed by atoms with E-state index in [1.54, 1.807) is 49.4 Å². The van der Waals surface area contributed by atoms with E-state index in [0.717, 1.165) is 29.3 Å². The van der Waals surface area contributed by atoms with Crippen LogP contribution < -0.4 is 4.90 Å². The monoisotopic (exact) mass is 652 g/mol. The Bertz CT molecular complexity index is 1790. The summed E-state index contributed by atoms with van der Waals surface area (Å²) >= 11 is 3.56. The Kier molecular flexibility index (Phi) is 8.20. The lowest BCUT2D eigenvalue weighted by Crippen LogP contribution is -2.30. The lowest BCUT2D eigenvalue weighted by atomic mass is 9.76. The number of carbonyl (C=O) groups is 4. The minimum atomic E-state index is -0.990. The van der Waals surface area contributed by atoms with E-state index in [2.05, 4.69) is 22.9 Å². The number of amides is 2. The quantitative estimate of drug-likeness (QED) is 0.116. The molecule has 0 radical (unpaired) electrons. The minimum Gasteiger partial charge on any atom is -0.451 e. The number of nitrogens with zero attached hydrogens (tertiary/aromatic N) is 2. The van der Waals surface area contributed by atoms with Gasteiger partial charge in [0, 0.05) is 21.0 Å². The summed E-state index contributed by atoms with van der Waals surface area (Å²) in [5.74, 6) is -1.21.